The van der Waals surface area contributed by atoms with Crippen molar-refractivity contribution in [1.29, 1.82) is 0 Å². The molecule has 0 unspecified atom stereocenters. The van der Waals surface area contributed by atoms with Gasteiger partial charge in [-0.05, 0) is 48.9 Å². The van der Waals surface area contributed by atoms with Crippen LogP contribution in [0.3, 0.4) is 0 Å². The minimum Gasteiger partial charge on any atom is -0.490 e. The molecule has 2 aromatic rings. The molecule has 6 nitrogen and oxygen atoms in total. The number of methoxy groups -OCH3 is 1. The van der Waals surface area contributed by atoms with Gasteiger partial charge in [0.2, 0.25) is 0 Å². The molecular formula is C18H19NO5S. The maximum atomic E-state index is 12.6. The summed E-state index contributed by atoms with van der Waals surface area (Å²) in [5.41, 5.74) is 1.07. The monoisotopic (exact) mass is 361 g/mol. The van der Waals surface area contributed by atoms with Crippen molar-refractivity contribution in [1.82, 2.24) is 0 Å². The zero-order valence-electron chi connectivity index (χ0n) is 14.0. The molecule has 0 amide bonds. The molecule has 0 spiro atoms. The molecule has 25 heavy (non-hydrogen) atoms. The Kier molecular flexibility index (Phi) is 5.82. The largest absolute Gasteiger partial charge is 0.490 e. The summed E-state index contributed by atoms with van der Waals surface area (Å²) in [7, 11) is -2.61. The van der Waals surface area contributed by atoms with E-state index in [1.807, 2.05) is 0 Å². The topological polar surface area (TPSA) is 81.7 Å². The van der Waals surface area contributed by atoms with Gasteiger partial charge in [-0.2, -0.15) is 0 Å². The molecule has 132 valence electrons. The number of benzene rings is 2. The SMILES string of the molecule is C=CCOc1ccc(NS(=O)(=O)c2cc(C(=O)OC)ccc2C)cc1. The van der Waals surface area contributed by atoms with Crippen molar-refractivity contribution >= 4 is 21.7 Å². The molecule has 0 fully saturated rings. The lowest BCUT2D eigenvalue weighted by atomic mass is 10.1. The van der Waals surface area contributed by atoms with Crippen molar-refractivity contribution in [2.45, 2.75) is 11.8 Å². The smallest absolute Gasteiger partial charge is 0.337 e. The first kappa shape index (κ1) is 18.5. The summed E-state index contributed by atoms with van der Waals surface area (Å²) < 4.78 is 37.7. The molecule has 0 bridgehead atoms. The summed E-state index contributed by atoms with van der Waals surface area (Å²) in [6, 6.07) is 10.9. The highest BCUT2D eigenvalue weighted by Crippen LogP contribution is 2.23. The van der Waals surface area contributed by atoms with Crippen LogP contribution < -0.4 is 9.46 Å². The van der Waals surface area contributed by atoms with E-state index in [1.54, 1.807) is 43.3 Å². The third kappa shape index (κ3) is 4.60. The van der Waals surface area contributed by atoms with Gasteiger partial charge in [0.1, 0.15) is 12.4 Å². The third-order valence-corrected chi connectivity index (χ3v) is 4.90. The second-order valence-corrected chi connectivity index (χ2v) is 6.85. The predicted octanol–water partition coefficient (Wildman–Crippen LogP) is 3.15. The Morgan fingerprint density at radius 2 is 1.88 bits per heavy atom. The highest BCUT2D eigenvalue weighted by atomic mass is 32.2. The third-order valence-electron chi connectivity index (χ3n) is 3.37. The van der Waals surface area contributed by atoms with E-state index in [2.05, 4.69) is 16.0 Å². The van der Waals surface area contributed by atoms with Crippen LogP contribution in [0, 0.1) is 6.92 Å². The molecule has 0 saturated heterocycles. The minimum absolute atomic E-state index is 0.0161. The summed E-state index contributed by atoms with van der Waals surface area (Å²) in [5, 5.41) is 0. The number of sulfonamides is 1. The van der Waals surface area contributed by atoms with E-state index in [9.17, 15) is 13.2 Å². The van der Waals surface area contributed by atoms with Crippen molar-refractivity contribution in [3.05, 3.63) is 66.2 Å². The van der Waals surface area contributed by atoms with Crippen LogP contribution in [0.15, 0.2) is 60.0 Å². The van der Waals surface area contributed by atoms with E-state index in [4.69, 9.17) is 4.74 Å². The number of carbonyl (C=O) groups is 1. The number of rotatable bonds is 7. The normalized spacial score (nSPS) is 10.8. The van der Waals surface area contributed by atoms with Gasteiger partial charge in [-0.25, -0.2) is 13.2 Å². The molecule has 0 atom stereocenters. The van der Waals surface area contributed by atoms with Crippen molar-refractivity contribution in [2.75, 3.05) is 18.4 Å². The van der Waals surface area contributed by atoms with Crippen LogP contribution in [0.25, 0.3) is 0 Å². The predicted molar refractivity (Wildman–Crippen MR) is 95.5 cm³/mol. The molecule has 7 heteroatoms. The van der Waals surface area contributed by atoms with Gasteiger partial charge >= 0.3 is 5.97 Å². The standard InChI is InChI=1S/C18H19NO5S/c1-4-11-24-16-9-7-15(8-10-16)19-25(21,22)17-12-14(18(20)23-3)6-5-13(17)2/h4-10,12,19H,1,11H2,2-3H3. The van der Waals surface area contributed by atoms with Gasteiger partial charge in [0.15, 0.2) is 0 Å². The Labute approximate surface area is 147 Å². The molecular weight excluding hydrogens is 342 g/mol. The second-order valence-electron chi connectivity index (χ2n) is 5.20. The zero-order chi connectivity index (χ0) is 18.4. The number of hydrogen-bond donors (Lipinski definition) is 1. The maximum Gasteiger partial charge on any atom is 0.337 e. The number of hydrogen-bond acceptors (Lipinski definition) is 5. The quantitative estimate of drug-likeness (QED) is 0.605. The van der Waals surface area contributed by atoms with Crippen LogP contribution >= 0.6 is 0 Å². The van der Waals surface area contributed by atoms with Gasteiger partial charge in [0.25, 0.3) is 10.0 Å². The average Bonchev–Trinajstić information content (AvgIpc) is 2.60. The molecule has 0 radical (unpaired) electrons. The lowest BCUT2D eigenvalue weighted by molar-refractivity contribution is 0.0600. The van der Waals surface area contributed by atoms with Crippen LogP contribution in [-0.4, -0.2) is 28.1 Å². The van der Waals surface area contributed by atoms with Gasteiger partial charge in [-0.15, -0.1) is 0 Å². The zero-order valence-corrected chi connectivity index (χ0v) is 14.8. The Bertz CT molecular complexity index is 873. The summed E-state index contributed by atoms with van der Waals surface area (Å²) in [6.45, 7) is 5.58. The molecule has 0 saturated carbocycles. The van der Waals surface area contributed by atoms with Crippen LogP contribution in [-0.2, 0) is 14.8 Å². The Morgan fingerprint density at radius 3 is 2.48 bits per heavy atom. The second kappa shape index (κ2) is 7.85. The van der Waals surface area contributed by atoms with Crippen LogP contribution in [0.2, 0.25) is 0 Å². The number of carbonyl (C=O) groups excluding carboxylic acids is 1. The number of esters is 1. The molecule has 0 aromatic heterocycles. The molecule has 2 aromatic carbocycles. The van der Waals surface area contributed by atoms with Gasteiger partial charge in [-0.3, -0.25) is 4.72 Å². The Morgan fingerprint density at radius 1 is 1.20 bits per heavy atom. The van der Waals surface area contributed by atoms with Crippen LogP contribution in [0.5, 0.6) is 5.75 Å². The Balaban J connectivity index is 2.27. The maximum absolute atomic E-state index is 12.6. The molecule has 0 heterocycles. The van der Waals surface area contributed by atoms with E-state index in [0.717, 1.165) is 0 Å². The van der Waals surface area contributed by atoms with E-state index >= 15 is 0 Å². The number of ether oxygens (including phenoxy) is 2. The van der Waals surface area contributed by atoms with E-state index < -0.39 is 16.0 Å². The fraction of sp³-hybridized carbons (Fsp3) is 0.167. The highest BCUT2D eigenvalue weighted by molar-refractivity contribution is 7.92. The lowest BCUT2D eigenvalue weighted by Crippen LogP contribution is -2.15. The fourth-order valence-corrected chi connectivity index (χ4v) is 3.45. The van der Waals surface area contributed by atoms with E-state index in [0.29, 0.717) is 23.6 Å². The number of aryl methyl sites for hydroxylation is 1. The van der Waals surface area contributed by atoms with Crippen molar-refractivity contribution in [3.8, 4) is 5.75 Å². The summed E-state index contributed by atoms with van der Waals surface area (Å²) >= 11 is 0. The Hall–Kier alpha value is -2.80. The average molecular weight is 361 g/mol. The molecule has 1 N–H and O–H groups in total. The van der Waals surface area contributed by atoms with Crippen molar-refractivity contribution in [2.24, 2.45) is 0 Å². The summed E-state index contributed by atoms with van der Waals surface area (Å²) in [6.07, 6.45) is 1.62. The van der Waals surface area contributed by atoms with Crippen LogP contribution in [0.4, 0.5) is 5.69 Å². The molecule has 2 rings (SSSR count). The molecule has 0 aliphatic heterocycles. The van der Waals surface area contributed by atoms with E-state index in [1.165, 1.54) is 19.2 Å². The summed E-state index contributed by atoms with van der Waals surface area (Å²) in [5.74, 6) is 0.00638. The van der Waals surface area contributed by atoms with E-state index in [-0.39, 0.29) is 10.5 Å². The van der Waals surface area contributed by atoms with Crippen molar-refractivity contribution in [3.63, 3.8) is 0 Å². The van der Waals surface area contributed by atoms with Crippen molar-refractivity contribution < 1.29 is 22.7 Å². The highest BCUT2D eigenvalue weighted by Gasteiger charge is 2.19. The number of nitrogens with one attached hydrogen (secondary N) is 1. The first-order valence-electron chi connectivity index (χ1n) is 7.43. The molecule has 0 aliphatic carbocycles. The fourth-order valence-electron chi connectivity index (χ4n) is 2.12. The van der Waals surface area contributed by atoms with Crippen LogP contribution in [0.1, 0.15) is 15.9 Å². The summed E-state index contributed by atoms with van der Waals surface area (Å²) in [4.78, 5) is 11.6. The molecule has 0 aliphatic rings. The lowest BCUT2D eigenvalue weighted by Gasteiger charge is -2.12. The van der Waals surface area contributed by atoms with Gasteiger partial charge < -0.3 is 9.47 Å². The first-order valence-corrected chi connectivity index (χ1v) is 8.91. The van der Waals surface area contributed by atoms with Gasteiger partial charge in [0, 0.05) is 5.69 Å². The minimum atomic E-state index is -3.85. The van der Waals surface area contributed by atoms with Gasteiger partial charge in [-0.1, -0.05) is 18.7 Å². The van der Waals surface area contributed by atoms with Gasteiger partial charge in [0.05, 0.1) is 17.6 Å². The first-order chi connectivity index (χ1) is 11.9. The number of anilines is 1.